The highest BCUT2D eigenvalue weighted by atomic mass is 32.1. The van der Waals surface area contributed by atoms with Crippen LogP contribution in [0.4, 0.5) is 4.39 Å². The van der Waals surface area contributed by atoms with Gasteiger partial charge < -0.3 is 10.2 Å². The third-order valence-electron chi connectivity index (χ3n) is 5.14. The molecule has 4 rings (SSSR count). The van der Waals surface area contributed by atoms with Crippen molar-refractivity contribution in [1.82, 2.24) is 5.32 Å². The summed E-state index contributed by atoms with van der Waals surface area (Å²) in [5.41, 5.74) is 2.00. The number of thiophene rings is 1. The van der Waals surface area contributed by atoms with Gasteiger partial charge in [-0.25, -0.2) is 4.39 Å². The lowest BCUT2D eigenvalue weighted by molar-refractivity contribution is -0.928. The molecule has 2 atom stereocenters. The lowest BCUT2D eigenvalue weighted by atomic mass is 9.96. The molecule has 1 aromatic heterocycles. The van der Waals surface area contributed by atoms with Crippen molar-refractivity contribution in [3.63, 3.8) is 0 Å². The monoisotopic (exact) mass is 345 g/mol. The van der Waals surface area contributed by atoms with E-state index in [-0.39, 0.29) is 18.3 Å². The van der Waals surface area contributed by atoms with Crippen molar-refractivity contribution in [3.05, 3.63) is 57.5 Å². The molecule has 2 N–H and O–H groups in total. The Hall–Kier alpha value is -1.72. The number of hydrogen-bond acceptors (Lipinski definition) is 2. The van der Waals surface area contributed by atoms with Crippen LogP contribution in [0.3, 0.4) is 0 Å². The van der Waals surface area contributed by atoms with Gasteiger partial charge in [0.25, 0.3) is 5.91 Å². The fourth-order valence-electron chi connectivity index (χ4n) is 3.80. The van der Waals surface area contributed by atoms with E-state index in [1.165, 1.54) is 34.2 Å². The first-order valence-electron chi connectivity index (χ1n) is 8.63. The molecule has 24 heavy (non-hydrogen) atoms. The summed E-state index contributed by atoms with van der Waals surface area (Å²) in [4.78, 5) is 15.3. The SMILES string of the molecule is O=C(C[NH+]1CCc2sccc2[C@@H]1C1CC1)NCc1ccccc1F. The van der Waals surface area contributed by atoms with Gasteiger partial charge >= 0.3 is 0 Å². The molecular weight excluding hydrogens is 323 g/mol. The topological polar surface area (TPSA) is 33.5 Å². The Kier molecular flexibility index (Phi) is 4.37. The summed E-state index contributed by atoms with van der Waals surface area (Å²) in [5, 5.41) is 5.07. The average Bonchev–Trinajstić information content (AvgIpc) is 3.30. The largest absolute Gasteiger partial charge is 0.347 e. The molecule has 2 aliphatic rings. The van der Waals surface area contributed by atoms with Crippen molar-refractivity contribution in [1.29, 1.82) is 0 Å². The van der Waals surface area contributed by atoms with Gasteiger partial charge in [-0.05, 0) is 30.4 Å². The highest BCUT2D eigenvalue weighted by Gasteiger charge is 2.43. The van der Waals surface area contributed by atoms with Gasteiger partial charge in [0.1, 0.15) is 11.9 Å². The summed E-state index contributed by atoms with van der Waals surface area (Å²) in [6.07, 6.45) is 3.62. The molecule has 1 unspecified atom stereocenters. The number of halogens is 1. The van der Waals surface area contributed by atoms with E-state index in [0.29, 0.717) is 18.2 Å². The second-order valence-electron chi connectivity index (χ2n) is 6.82. The second-order valence-corrected chi connectivity index (χ2v) is 7.82. The van der Waals surface area contributed by atoms with Gasteiger partial charge in [-0.3, -0.25) is 4.79 Å². The Morgan fingerprint density at radius 3 is 2.92 bits per heavy atom. The van der Waals surface area contributed by atoms with Crippen molar-refractivity contribution < 1.29 is 14.1 Å². The summed E-state index contributed by atoms with van der Waals surface area (Å²) >= 11 is 1.85. The van der Waals surface area contributed by atoms with Crippen molar-refractivity contribution in [2.45, 2.75) is 31.8 Å². The quantitative estimate of drug-likeness (QED) is 0.855. The van der Waals surface area contributed by atoms with Crippen LogP contribution in [0.25, 0.3) is 0 Å². The molecule has 2 aromatic rings. The van der Waals surface area contributed by atoms with Crippen LogP contribution in [0.2, 0.25) is 0 Å². The van der Waals surface area contributed by atoms with E-state index in [0.717, 1.165) is 18.9 Å². The molecular formula is C19H22FN2OS+. The highest BCUT2D eigenvalue weighted by Crippen LogP contribution is 2.42. The lowest BCUT2D eigenvalue weighted by Gasteiger charge is -2.32. The Morgan fingerprint density at radius 2 is 2.12 bits per heavy atom. The third kappa shape index (κ3) is 3.23. The van der Waals surface area contributed by atoms with Crippen LogP contribution in [0.1, 0.15) is 34.9 Å². The number of hydrogen-bond donors (Lipinski definition) is 2. The Labute approximate surface area is 145 Å². The van der Waals surface area contributed by atoms with Crippen LogP contribution in [-0.4, -0.2) is 19.0 Å². The minimum atomic E-state index is -0.262. The predicted octanol–water partition coefficient (Wildman–Crippen LogP) is 2.10. The molecule has 1 amide bonds. The number of benzene rings is 1. The smallest absolute Gasteiger partial charge is 0.275 e. The molecule has 0 saturated heterocycles. The van der Waals surface area contributed by atoms with E-state index >= 15 is 0 Å². The van der Waals surface area contributed by atoms with E-state index in [9.17, 15) is 9.18 Å². The number of carbonyl (C=O) groups excluding carboxylic acids is 1. The van der Waals surface area contributed by atoms with Gasteiger partial charge in [0.2, 0.25) is 0 Å². The fourth-order valence-corrected chi connectivity index (χ4v) is 4.73. The Balaban J connectivity index is 1.39. The van der Waals surface area contributed by atoms with Crippen LogP contribution < -0.4 is 10.2 Å². The van der Waals surface area contributed by atoms with Gasteiger partial charge in [0.05, 0.1) is 6.54 Å². The summed E-state index contributed by atoms with van der Waals surface area (Å²) in [6.45, 7) is 1.75. The number of carbonyl (C=O) groups is 1. The molecule has 1 aliphatic heterocycles. The van der Waals surface area contributed by atoms with E-state index in [2.05, 4.69) is 16.8 Å². The first-order chi connectivity index (χ1) is 11.7. The first kappa shape index (κ1) is 15.8. The predicted molar refractivity (Wildman–Crippen MR) is 92.4 cm³/mol. The first-order valence-corrected chi connectivity index (χ1v) is 9.51. The molecule has 3 nitrogen and oxygen atoms in total. The maximum absolute atomic E-state index is 13.6. The van der Waals surface area contributed by atoms with Crippen molar-refractivity contribution in [3.8, 4) is 0 Å². The maximum Gasteiger partial charge on any atom is 0.275 e. The van der Waals surface area contributed by atoms with Crippen LogP contribution in [0.5, 0.6) is 0 Å². The average molecular weight is 345 g/mol. The molecule has 1 aromatic carbocycles. The van der Waals surface area contributed by atoms with E-state index in [4.69, 9.17) is 0 Å². The second kappa shape index (κ2) is 6.65. The number of rotatable bonds is 5. The lowest BCUT2D eigenvalue weighted by Crippen LogP contribution is -3.14. The van der Waals surface area contributed by atoms with E-state index < -0.39 is 0 Å². The fraction of sp³-hybridized carbons (Fsp3) is 0.421. The number of fused-ring (bicyclic) bond motifs is 1. The van der Waals surface area contributed by atoms with Crippen LogP contribution >= 0.6 is 11.3 Å². The molecule has 0 bridgehead atoms. The molecule has 1 aliphatic carbocycles. The molecule has 0 radical (unpaired) electrons. The van der Waals surface area contributed by atoms with Gasteiger partial charge in [-0.2, -0.15) is 0 Å². The zero-order chi connectivity index (χ0) is 16.5. The van der Waals surface area contributed by atoms with Crippen LogP contribution in [-0.2, 0) is 17.8 Å². The Morgan fingerprint density at radius 1 is 1.29 bits per heavy atom. The summed E-state index contributed by atoms with van der Waals surface area (Å²) in [5.74, 6) is 0.479. The minimum Gasteiger partial charge on any atom is -0.347 e. The maximum atomic E-state index is 13.6. The van der Waals surface area contributed by atoms with Gasteiger partial charge in [-0.1, -0.05) is 18.2 Å². The summed E-state index contributed by atoms with van der Waals surface area (Å²) in [7, 11) is 0. The normalized spacial score (nSPS) is 22.9. The zero-order valence-electron chi connectivity index (χ0n) is 13.6. The van der Waals surface area contributed by atoms with Crippen LogP contribution in [0, 0.1) is 11.7 Å². The molecule has 5 heteroatoms. The van der Waals surface area contributed by atoms with E-state index in [1.807, 2.05) is 11.3 Å². The van der Waals surface area contributed by atoms with Crippen molar-refractivity contribution in [2.75, 3.05) is 13.1 Å². The standard InChI is InChI=1S/C19H21FN2OS/c20-16-4-2-1-3-14(16)11-21-18(23)12-22-9-7-17-15(8-10-24-17)19(22)13-5-6-13/h1-4,8,10,13,19H,5-7,9,11-12H2,(H,21,23)/p+1/t19-/m0/s1. The molecule has 126 valence electrons. The number of nitrogens with one attached hydrogen (secondary N) is 2. The highest BCUT2D eigenvalue weighted by molar-refractivity contribution is 7.10. The summed E-state index contributed by atoms with van der Waals surface area (Å²) in [6, 6.07) is 9.32. The van der Waals surface area contributed by atoms with Crippen LogP contribution in [0.15, 0.2) is 35.7 Å². The number of quaternary nitrogens is 1. The molecule has 1 saturated carbocycles. The van der Waals surface area contributed by atoms with Gasteiger partial charge in [-0.15, -0.1) is 11.3 Å². The molecule has 2 heterocycles. The van der Waals surface area contributed by atoms with E-state index in [1.54, 1.807) is 18.2 Å². The third-order valence-corrected chi connectivity index (χ3v) is 6.14. The van der Waals surface area contributed by atoms with Gasteiger partial charge in [0.15, 0.2) is 6.54 Å². The molecule has 0 spiro atoms. The Bertz CT molecular complexity index is 740. The minimum absolute atomic E-state index is 0.0117. The van der Waals surface area contributed by atoms with Crippen molar-refractivity contribution >= 4 is 17.2 Å². The number of amides is 1. The van der Waals surface area contributed by atoms with Crippen molar-refractivity contribution in [2.24, 2.45) is 5.92 Å². The molecule has 1 fully saturated rings. The van der Waals surface area contributed by atoms with Gasteiger partial charge in [0, 0.05) is 34.9 Å². The zero-order valence-corrected chi connectivity index (χ0v) is 14.4. The summed E-state index contributed by atoms with van der Waals surface area (Å²) < 4.78 is 13.6.